The second-order valence-electron chi connectivity index (χ2n) is 5.36. The summed E-state index contributed by atoms with van der Waals surface area (Å²) in [4.78, 5) is 20.0. The van der Waals surface area contributed by atoms with E-state index in [9.17, 15) is 9.90 Å². The van der Waals surface area contributed by atoms with Crippen LogP contribution in [0, 0.1) is 5.92 Å². The number of nitrogens with zero attached hydrogens (tertiary/aromatic N) is 3. The summed E-state index contributed by atoms with van der Waals surface area (Å²) in [6.07, 6.45) is 1.92. The number of pyridine rings is 1. The smallest absolute Gasteiger partial charge is 0.242 e. The normalized spacial score (nSPS) is 22.7. The Morgan fingerprint density at radius 3 is 2.95 bits per heavy atom. The van der Waals surface area contributed by atoms with Gasteiger partial charge in [-0.2, -0.15) is 0 Å². The fourth-order valence-electron chi connectivity index (χ4n) is 2.34. The van der Waals surface area contributed by atoms with Crippen LogP contribution < -0.4 is 4.90 Å². The van der Waals surface area contributed by atoms with Gasteiger partial charge in [0, 0.05) is 26.3 Å². The molecule has 0 bridgehead atoms. The van der Waals surface area contributed by atoms with E-state index in [4.69, 9.17) is 11.6 Å². The van der Waals surface area contributed by atoms with Crippen LogP contribution in [-0.4, -0.2) is 53.7 Å². The van der Waals surface area contributed by atoms with Crippen LogP contribution in [0.15, 0.2) is 18.3 Å². The minimum atomic E-state index is -0.297. The molecule has 1 aliphatic rings. The lowest BCUT2D eigenvalue weighted by atomic mass is 9.97. The number of aliphatic hydroxyl groups excluding tert-OH is 1. The van der Waals surface area contributed by atoms with Gasteiger partial charge in [-0.3, -0.25) is 4.79 Å². The van der Waals surface area contributed by atoms with Crippen LogP contribution in [0.5, 0.6) is 0 Å². The van der Waals surface area contributed by atoms with Crippen molar-refractivity contribution in [1.82, 2.24) is 9.88 Å². The van der Waals surface area contributed by atoms with E-state index in [1.807, 2.05) is 18.9 Å². The first-order valence-corrected chi connectivity index (χ1v) is 7.13. The highest BCUT2D eigenvalue weighted by Crippen LogP contribution is 2.17. The van der Waals surface area contributed by atoms with Gasteiger partial charge in [0.15, 0.2) is 0 Å². The summed E-state index contributed by atoms with van der Waals surface area (Å²) in [6.45, 7) is 3.47. The Kier molecular flexibility index (Phi) is 4.83. The Morgan fingerprint density at radius 2 is 2.35 bits per heavy atom. The number of aromatic nitrogens is 1. The van der Waals surface area contributed by atoms with E-state index >= 15 is 0 Å². The predicted octanol–water partition coefficient (Wildman–Crippen LogP) is 1.40. The van der Waals surface area contributed by atoms with Gasteiger partial charge in [-0.1, -0.05) is 18.5 Å². The van der Waals surface area contributed by atoms with E-state index in [0.717, 1.165) is 0 Å². The molecule has 1 amide bonds. The van der Waals surface area contributed by atoms with Crippen molar-refractivity contribution in [2.75, 3.05) is 31.6 Å². The lowest BCUT2D eigenvalue weighted by molar-refractivity contribution is -0.133. The van der Waals surface area contributed by atoms with Gasteiger partial charge in [-0.05, 0) is 24.5 Å². The molecule has 2 atom stereocenters. The van der Waals surface area contributed by atoms with Crippen molar-refractivity contribution in [2.24, 2.45) is 5.92 Å². The fourth-order valence-corrected chi connectivity index (χ4v) is 2.45. The Labute approximate surface area is 124 Å². The monoisotopic (exact) mass is 297 g/mol. The van der Waals surface area contributed by atoms with Crippen LogP contribution >= 0.6 is 11.6 Å². The van der Waals surface area contributed by atoms with Gasteiger partial charge in [0.2, 0.25) is 5.91 Å². The maximum atomic E-state index is 12.2. The number of halogens is 1. The van der Waals surface area contributed by atoms with E-state index < -0.39 is 0 Å². The zero-order valence-electron chi connectivity index (χ0n) is 11.8. The molecule has 0 radical (unpaired) electrons. The highest BCUT2D eigenvalue weighted by molar-refractivity contribution is 6.30. The van der Waals surface area contributed by atoms with E-state index in [1.165, 1.54) is 0 Å². The number of amides is 1. The third-order valence-electron chi connectivity index (χ3n) is 3.69. The summed E-state index contributed by atoms with van der Waals surface area (Å²) in [6, 6.07) is 3.54. The summed E-state index contributed by atoms with van der Waals surface area (Å²) in [5.74, 6) is 0.905. The summed E-state index contributed by atoms with van der Waals surface area (Å²) in [5.41, 5.74) is 0. The molecule has 1 saturated heterocycles. The standard InChI is InChI=1S/C14H20ClN3O2/c1-10-8-18(6-5-12(10)19)14(20)9-17(2)13-4-3-11(15)7-16-13/h3-4,7,10,12,19H,5-6,8-9H2,1-2H3. The van der Waals surface area contributed by atoms with Crippen molar-refractivity contribution in [2.45, 2.75) is 19.4 Å². The first kappa shape index (κ1) is 15.1. The van der Waals surface area contributed by atoms with E-state index in [2.05, 4.69) is 4.98 Å². The lowest BCUT2D eigenvalue weighted by Gasteiger charge is -2.35. The highest BCUT2D eigenvalue weighted by atomic mass is 35.5. The molecular formula is C14H20ClN3O2. The van der Waals surface area contributed by atoms with Crippen molar-refractivity contribution in [3.05, 3.63) is 23.4 Å². The van der Waals surface area contributed by atoms with Crippen LogP contribution in [0.25, 0.3) is 0 Å². The zero-order chi connectivity index (χ0) is 14.7. The van der Waals surface area contributed by atoms with Crippen molar-refractivity contribution in [3.63, 3.8) is 0 Å². The molecule has 0 spiro atoms. The number of carbonyl (C=O) groups excluding carboxylic acids is 1. The number of likely N-dealkylation sites (tertiary alicyclic amines) is 1. The molecular weight excluding hydrogens is 278 g/mol. The number of aliphatic hydroxyl groups is 1. The average molecular weight is 298 g/mol. The van der Waals surface area contributed by atoms with Crippen LogP contribution in [0.1, 0.15) is 13.3 Å². The molecule has 1 aliphatic heterocycles. The SMILES string of the molecule is CC1CN(C(=O)CN(C)c2ccc(Cl)cn2)CCC1O. The molecule has 2 unspecified atom stereocenters. The second-order valence-corrected chi connectivity index (χ2v) is 5.80. The summed E-state index contributed by atoms with van der Waals surface area (Å²) in [5, 5.41) is 10.3. The van der Waals surface area contributed by atoms with E-state index in [-0.39, 0.29) is 24.5 Å². The number of rotatable bonds is 3. The lowest BCUT2D eigenvalue weighted by Crippen LogP contribution is -2.48. The number of anilines is 1. The van der Waals surface area contributed by atoms with Crippen molar-refractivity contribution in [1.29, 1.82) is 0 Å². The Morgan fingerprint density at radius 1 is 1.60 bits per heavy atom. The van der Waals surface area contributed by atoms with Gasteiger partial charge in [0.05, 0.1) is 17.7 Å². The molecule has 20 heavy (non-hydrogen) atoms. The molecule has 2 rings (SSSR count). The molecule has 0 aliphatic carbocycles. The molecule has 0 saturated carbocycles. The molecule has 1 fully saturated rings. The van der Waals surface area contributed by atoms with Crippen molar-refractivity contribution < 1.29 is 9.90 Å². The summed E-state index contributed by atoms with van der Waals surface area (Å²) >= 11 is 5.79. The second kappa shape index (κ2) is 6.41. The van der Waals surface area contributed by atoms with E-state index in [0.29, 0.717) is 30.4 Å². The number of carbonyl (C=O) groups is 1. The zero-order valence-corrected chi connectivity index (χ0v) is 12.5. The van der Waals surface area contributed by atoms with Gasteiger partial charge in [0.1, 0.15) is 5.82 Å². The molecule has 2 heterocycles. The van der Waals surface area contributed by atoms with Crippen molar-refractivity contribution in [3.8, 4) is 0 Å². The molecule has 110 valence electrons. The maximum absolute atomic E-state index is 12.2. The quantitative estimate of drug-likeness (QED) is 0.916. The third-order valence-corrected chi connectivity index (χ3v) is 3.91. The first-order valence-electron chi connectivity index (χ1n) is 6.76. The number of likely N-dealkylation sites (N-methyl/N-ethyl adjacent to an activating group) is 1. The van der Waals surface area contributed by atoms with Crippen LogP contribution in [0.4, 0.5) is 5.82 Å². The minimum absolute atomic E-state index is 0.0583. The number of piperidine rings is 1. The first-order chi connectivity index (χ1) is 9.47. The molecule has 5 nitrogen and oxygen atoms in total. The largest absolute Gasteiger partial charge is 0.393 e. The molecule has 6 heteroatoms. The molecule has 0 aromatic carbocycles. The Hall–Kier alpha value is -1.33. The highest BCUT2D eigenvalue weighted by Gasteiger charge is 2.27. The molecule has 1 aromatic heterocycles. The van der Waals surface area contributed by atoms with Gasteiger partial charge in [0.25, 0.3) is 0 Å². The predicted molar refractivity (Wildman–Crippen MR) is 78.9 cm³/mol. The third kappa shape index (κ3) is 3.61. The van der Waals surface area contributed by atoms with Gasteiger partial charge < -0.3 is 14.9 Å². The molecule has 1 N–H and O–H groups in total. The number of hydrogen-bond donors (Lipinski definition) is 1. The van der Waals surface area contributed by atoms with Crippen LogP contribution in [-0.2, 0) is 4.79 Å². The van der Waals surface area contributed by atoms with Gasteiger partial charge in [-0.15, -0.1) is 0 Å². The maximum Gasteiger partial charge on any atom is 0.242 e. The average Bonchev–Trinajstić information content (AvgIpc) is 2.42. The summed E-state index contributed by atoms with van der Waals surface area (Å²) < 4.78 is 0. The summed E-state index contributed by atoms with van der Waals surface area (Å²) in [7, 11) is 1.83. The fraction of sp³-hybridized carbons (Fsp3) is 0.571. The van der Waals surface area contributed by atoms with Crippen LogP contribution in [0.3, 0.4) is 0 Å². The van der Waals surface area contributed by atoms with Crippen molar-refractivity contribution >= 4 is 23.3 Å². The molecule has 1 aromatic rings. The van der Waals surface area contributed by atoms with E-state index in [1.54, 1.807) is 23.2 Å². The topological polar surface area (TPSA) is 56.7 Å². The Bertz CT molecular complexity index is 466. The Balaban J connectivity index is 1.92. The van der Waals surface area contributed by atoms with Crippen LogP contribution in [0.2, 0.25) is 5.02 Å². The number of hydrogen-bond acceptors (Lipinski definition) is 4. The van der Waals surface area contributed by atoms with Gasteiger partial charge >= 0.3 is 0 Å². The van der Waals surface area contributed by atoms with Gasteiger partial charge in [-0.25, -0.2) is 4.98 Å². The minimum Gasteiger partial charge on any atom is -0.393 e.